The lowest BCUT2D eigenvalue weighted by molar-refractivity contribution is -0.132. The molecular formula is C22H30N6O. The van der Waals surface area contributed by atoms with E-state index in [1.807, 2.05) is 18.0 Å². The van der Waals surface area contributed by atoms with Crippen molar-refractivity contribution in [3.63, 3.8) is 0 Å². The lowest BCUT2D eigenvalue weighted by atomic mass is 10.1. The highest BCUT2D eigenvalue weighted by Gasteiger charge is 2.23. The van der Waals surface area contributed by atoms with Gasteiger partial charge in [0.15, 0.2) is 0 Å². The number of hydrogen-bond donors (Lipinski definition) is 0. The maximum atomic E-state index is 12.8. The van der Waals surface area contributed by atoms with Crippen LogP contribution in [0.15, 0.2) is 42.7 Å². The molecule has 154 valence electrons. The molecule has 4 rings (SSSR count). The molecule has 0 spiro atoms. The van der Waals surface area contributed by atoms with Crippen molar-refractivity contribution in [3.05, 3.63) is 48.3 Å². The van der Waals surface area contributed by atoms with Gasteiger partial charge in [-0.3, -0.25) is 9.69 Å². The van der Waals surface area contributed by atoms with Crippen LogP contribution in [0.2, 0.25) is 0 Å². The second kappa shape index (κ2) is 9.22. The molecule has 7 nitrogen and oxygen atoms in total. The molecule has 2 fully saturated rings. The van der Waals surface area contributed by atoms with Crippen molar-refractivity contribution >= 4 is 17.5 Å². The number of amides is 1. The standard InChI is InChI=1S/C22H30N6O/c1-25(17-19-7-2-3-8-20(19)26-11-4-5-12-26)18-21(29)27-13-15-28(16-14-27)22-23-9-6-10-24-22/h2-3,6-10H,4-5,11-18H2,1H3. The summed E-state index contributed by atoms with van der Waals surface area (Å²) < 4.78 is 0. The molecule has 0 unspecified atom stereocenters. The Morgan fingerprint density at radius 3 is 2.34 bits per heavy atom. The molecule has 7 heteroatoms. The quantitative estimate of drug-likeness (QED) is 0.745. The summed E-state index contributed by atoms with van der Waals surface area (Å²) in [5, 5.41) is 0. The summed E-state index contributed by atoms with van der Waals surface area (Å²) in [7, 11) is 2.03. The van der Waals surface area contributed by atoms with Gasteiger partial charge in [-0.25, -0.2) is 9.97 Å². The van der Waals surface area contributed by atoms with Gasteiger partial charge in [0.2, 0.25) is 11.9 Å². The number of rotatable bonds is 6. The fourth-order valence-corrected chi connectivity index (χ4v) is 4.20. The number of benzene rings is 1. The summed E-state index contributed by atoms with van der Waals surface area (Å²) in [6.07, 6.45) is 6.05. The molecule has 29 heavy (non-hydrogen) atoms. The van der Waals surface area contributed by atoms with E-state index < -0.39 is 0 Å². The first-order chi connectivity index (χ1) is 14.2. The zero-order chi connectivity index (χ0) is 20.1. The van der Waals surface area contributed by atoms with E-state index in [-0.39, 0.29) is 5.91 Å². The summed E-state index contributed by atoms with van der Waals surface area (Å²) in [5.74, 6) is 0.940. The van der Waals surface area contributed by atoms with Crippen molar-refractivity contribution < 1.29 is 4.79 Å². The maximum Gasteiger partial charge on any atom is 0.236 e. The molecule has 0 saturated carbocycles. The minimum atomic E-state index is 0.194. The van der Waals surface area contributed by atoms with Gasteiger partial charge in [0.05, 0.1) is 6.54 Å². The number of likely N-dealkylation sites (N-methyl/N-ethyl adjacent to an activating group) is 1. The summed E-state index contributed by atoms with van der Waals surface area (Å²) in [4.78, 5) is 30.1. The molecule has 1 aromatic carbocycles. The average Bonchev–Trinajstić information content (AvgIpc) is 3.29. The van der Waals surface area contributed by atoms with Gasteiger partial charge in [-0.05, 0) is 37.6 Å². The highest BCUT2D eigenvalue weighted by molar-refractivity contribution is 5.78. The summed E-state index contributed by atoms with van der Waals surface area (Å²) in [6.45, 7) is 6.48. The first-order valence-corrected chi connectivity index (χ1v) is 10.5. The predicted molar refractivity (Wildman–Crippen MR) is 115 cm³/mol. The molecule has 2 aliphatic heterocycles. The van der Waals surface area contributed by atoms with Crippen LogP contribution < -0.4 is 9.80 Å². The number of aromatic nitrogens is 2. The number of para-hydroxylation sites is 1. The zero-order valence-corrected chi connectivity index (χ0v) is 17.2. The van der Waals surface area contributed by atoms with E-state index in [4.69, 9.17) is 0 Å². The smallest absolute Gasteiger partial charge is 0.236 e. The Kier molecular flexibility index (Phi) is 6.24. The summed E-state index contributed by atoms with van der Waals surface area (Å²) in [6, 6.07) is 10.4. The molecule has 2 aliphatic rings. The molecule has 1 aromatic heterocycles. The number of nitrogens with zero attached hydrogens (tertiary/aromatic N) is 6. The molecule has 0 atom stereocenters. The normalized spacial score (nSPS) is 17.2. The fraction of sp³-hybridized carbons (Fsp3) is 0.500. The van der Waals surface area contributed by atoms with E-state index >= 15 is 0 Å². The number of piperazine rings is 1. The van der Waals surface area contributed by atoms with Gasteiger partial charge in [-0.15, -0.1) is 0 Å². The van der Waals surface area contributed by atoms with Crippen molar-refractivity contribution in [2.75, 3.05) is 62.7 Å². The molecule has 2 aromatic rings. The molecule has 1 amide bonds. The van der Waals surface area contributed by atoms with E-state index in [1.165, 1.54) is 24.1 Å². The Labute approximate surface area is 172 Å². The van der Waals surface area contributed by atoms with Crippen LogP contribution in [0, 0.1) is 0 Å². The van der Waals surface area contributed by atoms with Gasteiger partial charge in [-0.2, -0.15) is 0 Å². The van der Waals surface area contributed by atoms with Crippen LogP contribution in [-0.2, 0) is 11.3 Å². The van der Waals surface area contributed by atoms with Gasteiger partial charge in [0.25, 0.3) is 0 Å². The molecule has 0 radical (unpaired) electrons. The third kappa shape index (κ3) is 4.85. The largest absolute Gasteiger partial charge is 0.371 e. The lowest BCUT2D eigenvalue weighted by Gasteiger charge is -2.35. The van der Waals surface area contributed by atoms with Crippen LogP contribution in [0.25, 0.3) is 0 Å². The summed E-state index contributed by atoms with van der Waals surface area (Å²) >= 11 is 0. The number of carbonyl (C=O) groups excluding carboxylic acids is 1. The average molecular weight is 395 g/mol. The number of carbonyl (C=O) groups is 1. The first-order valence-electron chi connectivity index (χ1n) is 10.5. The Balaban J connectivity index is 1.29. The van der Waals surface area contributed by atoms with Crippen LogP contribution >= 0.6 is 0 Å². The molecule has 3 heterocycles. The zero-order valence-electron chi connectivity index (χ0n) is 17.2. The van der Waals surface area contributed by atoms with E-state index in [0.29, 0.717) is 6.54 Å². The number of hydrogen-bond acceptors (Lipinski definition) is 6. The molecule has 0 aliphatic carbocycles. The number of anilines is 2. The summed E-state index contributed by atoms with van der Waals surface area (Å²) in [5.41, 5.74) is 2.62. The van der Waals surface area contributed by atoms with E-state index in [1.54, 1.807) is 12.4 Å². The molecule has 0 N–H and O–H groups in total. The first kappa shape index (κ1) is 19.6. The monoisotopic (exact) mass is 394 g/mol. The molecule has 0 bridgehead atoms. The van der Waals surface area contributed by atoms with E-state index in [9.17, 15) is 4.79 Å². The Morgan fingerprint density at radius 1 is 0.931 bits per heavy atom. The van der Waals surface area contributed by atoms with Crippen molar-refractivity contribution in [1.29, 1.82) is 0 Å². The maximum absolute atomic E-state index is 12.8. The fourth-order valence-electron chi connectivity index (χ4n) is 4.20. The van der Waals surface area contributed by atoms with E-state index in [2.05, 4.69) is 48.9 Å². The van der Waals surface area contributed by atoms with Crippen LogP contribution in [-0.4, -0.2) is 78.5 Å². The topological polar surface area (TPSA) is 55.8 Å². The van der Waals surface area contributed by atoms with Gasteiger partial charge < -0.3 is 14.7 Å². The van der Waals surface area contributed by atoms with Crippen LogP contribution in [0.4, 0.5) is 11.6 Å². The SMILES string of the molecule is CN(CC(=O)N1CCN(c2ncccn2)CC1)Cc1ccccc1N1CCCC1. The van der Waals surface area contributed by atoms with Crippen molar-refractivity contribution in [1.82, 2.24) is 19.8 Å². The molecular weight excluding hydrogens is 364 g/mol. The second-order valence-electron chi connectivity index (χ2n) is 7.91. The third-order valence-corrected chi connectivity index (χ3v) is 5.75. The Morgan fingerprint density at radius 2 is 1.62 bits per heavy atom. The molecule has 2 saturated heterocycles. The highest BCUT2D eigenvalue weighted by Crippen LogP contribution is 2.25. The third-order valence-electron chi connectivity index (χ3n) is 5.75. The van der Waals surface area contributed by atoms with E-state index in [0.717, 1.165) is 51.8 Å². The predicted octanol–water partition coefficient (Wildman–Crippen LogP) is 1.86. The van der Waals surface area contributed by atoms with Gasteiger partial charge in [0.1, 0.15) is 0 Å². The van der Waals surface area contributed by atoms with Crippen LogP contribution in [0.5, 0.6) is 0 Å². The highest BCUT2D eigenvalue weighted by atomic mass is 16.2. The van der Waals surface area contributed by atoms with Crippen molar-refractivity contribution in [3.8, 4) is 0 Å². The Hall–Kier alpha value is -2.67. The lowest BCUT2D eigenvalue weighted by Crippen LogP contribution is -2.51. The van der Waals surface area contributed by atoms with Gasteiger partial charge >= 0.3 is 0 Å². The second-order valence-corrected chi connectivity index (χ2v) is 7.91. The minimum absolute atomic E-state index is 0.194. The van der Waals surface area contributed by atoms with Gasteiger partial charge in [0, 0.05) is 63.9 Å². The van der Waals surface area contributed by atoms with Crippen molar-refractivity contribution in [2.45, 2.75) is 19.4 Å². The van der Waals surface area contributed by atoms with Crippen molar-refractivity contribution in [2.24, 2.45) is 0 Å². The van der Waals surface area contributed by atoms with Crippen LogP contribution in [0.3, 0.4) is 0 Å². The van der Waals surface area contributed by atoms with Crippen LogP contribution in [0.1, 0.15) is 18.4 Å². The minimum Gasteiger partial charge on any atom is -0.371 e. The van der Waals surface area contributed by atoms with Gasteiger partial charge in [-0.1, -0.05) is 18.2 Å². The Bertz CT molecular complexity index is 800.